The molecule has 2 heterocycles. The lowest BCUT2D eigenvalue weighted by molar-refractivity contribution is -0.133. The van der Waals surface area contributed by atoms with E-state index in [4.69, 9.17) is 14.2 Å². The molecule has 0 saturated heterocycles. The summed E-state index contributed by atoms with van der Waals surface area (Å²) in [5, 5.41) is 10.4. The fourth-order valence-electron chi connectivity index (χ4n) is 5.29. The first-order valence-corrected chi connectivity index (χ1v) is 16.4. The number of hydrogen-bond acceptors (Lipinski definition) is 9. The van der Waals surface area contributed by atoms with Crippen LogP contribution in [0.2, 0.25) is 0 Å². The third kappa shape index (κ3) is 8.46. The number of carbonyl (C=O) groups excluding carboxylic acids is 4. The smallest absolute Gasteiger partial charge is 0.244 e. The number of fused-ring (bicyclic) bond motifs is 2. The van der Waals surface area contributed by atoms with Gasteiger partial charge in [-0.1, -0.05) is 41.5 Å². The van der Waals surface area contributed by atoms with E-state index < -0.39 is 0 Å². The lowest BCUT2D eigenvalue weighted by Gasteiger charge is -2.24. The molecule has 0 saturated carbocycles. The molecule has 0 spiro atoms. The van der Waals surface area contributed by atoms with Crippen LogP contribution in [0.15, 0.2) is 36.4 Å². The first-order chi connectivity index (χ1) is 22.8. The van der Waals surface area contributed by atoms with Crippen molar-refractivity contribution in [3.05, 3.63) is 47.8 Å². The highest BCUT2D eigenvalue weighted by Gasteiger charge is 2.24. The Morgan fingerprint density at radius 1 is 0.729 bits per heavy atom. The number of hydrogen-bond donors (Lipinski definition) is 0. The zero-order chi connectivity index (χ0) is 35.1. The summed E-state index contributed by atoms with van der Waals surface area (Å²) >= 11 is 0. The maximum atomic E-state index is 13.7. The largest absolute Gasteiger partial charge is 0.497 e. The van der Waals surface area contributed by atoms with Gasteiger partial charge in [-0.3, -0.25) is 28.5 Å². The van der Waals surface area contributed by atoms with E-state index in [1.807, 2.05) is 27.7 Å². The van der Waals surface area contributed by atoms with Crippen molar-refractivity contribution in [1.82, 2.24) is 24.5 Å². The zero-order valence-corrected chi connectivity index (χ0v) is 29.2. The van der Waals surface area contributed by atoms with Gasteiger partial charge in [0.05, 0.1) is 31.9 Å². The lowest BCUT2D eigenvalue weighted by Crippen LogP contribution is -2.38. The Morgan fingerprint density at radius 3 is 1.69 bits per heavy atom. The second-order valence-corrected chi connectivity index (χ2v) is 13.0. The van der Waals surface area contributed by atoms with E-state index in [9.17, 15) is 19.2 Å². The average Bonchev–Trinajstić information content (AvgIpc) is 3.60. The van der Waals surface area contributed by atoms with E-state index >= 15 is 0 Å². The molecule has 258 valence electrons. The van der Waals surface area contributed by atoms with Crippen LogP contribution in [0, 0.1) is 17.8 Å². The van der Waals surface area contributed by atoms with Gasteiger partial charge < -0.3 is 19.1 Å². The molecule has 0 N–H and O–H groups in total. The third-order valence-electron chi connectivity index (χ3n) is 8.14. The van der Waals surface area contributed by atoms with E-state index in [1.165, 1.54) is 4.68 Å². The quantitative estimate of drug-likeness (QED) is 0.104. The molecule has 0 fully saturated rings. The molecule has 0 unspecified atom stereocenters. The predicted octanol–water partition coefficient (Wildman–Crippen LogP) is 5.24. The Balaban J connectivity index is 1.44. The lowest BCUT2D eigenvalue weighted by atomic mass is 10.0. The number of ketones is 3. The molecule has 12 nitrogen and oxygen atoms in total. The highest BCUT2D eigenvalue weighted by Crippen LogP contribution is 2.27. The van der Waals surface area contributed by atoms with E-state index in [1.54, 1.807) is 60.2 Å². The van der Waals surface area contributed by atoms with Gasteiger partial charge >= 0.3 is 0 Å². The third-order valence-corrected chi connectivity index (χ3v) is 8.14. The number of Topliss-reactive ketones (excluding diaryl/α,β-unsaturated/α-hetero) is 3. The van der Waals surface area contributed by atoms with Crippen LogP contribution in [0.25, 0.3) is 21.8 Å². The van der Waals surface area contributed by atoms with Gasteiger partial charge in [-0.25, -0.2) is 0 Å². The molecule has 2 aromatic heterocycles. The molecule has 1 amide bonds. The van der Waals surface area contributed by atoms with Crippen molar-refractivity contribution in [2.75, 3.05) is 40.5 Å². The average molecular weight is 662 g/mol. The number of amides is 1. The number of benzene rings is 2. The zero-order valence-electron chi connectivity index (χ0n) is 29.2. The van der Waals surface area contributed by atoms with Gasteiger partial charge in [0, 0.05) is 47.8 Å². The maximum Gasteiger partial charge on any atom is 0.244 e. The van der Waals surface area contributed by atoms with Crippen LogP contribution in [-0.2, 0) is 27.4 Å². The van der Waals surface area contributed by atoms with Crippen LogP contribution < -0.4 is 9.47 Å². The topological polar surface area (TPSA) is 135 Å². The van der Waals surface area contributed by atoms with Crippen LogP contribution in [0.1, 0.15) is 68.9 Å². The summed E-state index contributed by atoms with van der Waals surface area (Å²) in [6, 6.07) is 10.6. The van der Waals surface area contributed by atoms with Gasteiger partial charge in [0.2, 0.25) is 5.91 Å². The van der Waals surface area contributed by atoms with E-state index in [-0.39, 0.29) is 67.9 Å². The molecule has 48 heavy (non-hydrogen) atoms. The summed E-state index contributed by atoms with van der Waals surface area (Å²) in [6.07, 6.45) is 0.780. The van der Waals surface area contributed by atoms with Crippen molar-refractivity contribution in [2.24, 2.45) is 17.8 Å². The Bertz CT molecular complexity index is 1790. The van der Waals surface area contributed by atoms with E-state index in [0.717, 1.165) is 6.42 Å². The molecule has 12 heteroatoms. The number of ether oxygens (including phenoxy) is 3. The van der Waals surface area contributed by atoms with Crippen molar-refractivity contribution in [2.45, 2.75) is 61.1 Å². The maximum absolute atomic E-state index is 13.7. The second kappa shape index (κ2) is 16.0. The summed E-state index contributed by atoms with van der Waals surface area (Å²) in [5.41, 5.74) is 1.91. The van der Waals surface area contributed by atoms with Crippen LogP contribution in [-0.4, -0.2) is 88.2 Å². The minimum Gasteiger partial charge on any atom is -0.497 e. The number of nitrogens with zero attached hydrogens (tertiary/aromatic N) is 5. The van der Waals surface area contributed by atoms with Gasteiger partial charge in [-0.15, -0.1) is 0 Å². The van der Waals surface area contributed by atoms with Gasteiger partial charge in [0.1, 0.15) is 42.6 Å². The molecule has 0 atom stereocenters. The van der Waals surface area contributed by atoms with E-state index in [0.29, 0.717) is 57.2 Å². The number of aromatic nitrogens is 4. The minimum atomic E-state index is -0.254. The molecule has 0 radical (unpaired) electrons. The summed E-state index contributed by atoms with van der Waals surface area (Å²) in [6.45, 7) is 12.0. The molecular formula is C36H47N5O7. The molecule has 0 aliphatic heterocycles. The molecule has 0 bridgehead atoms. The standard InChI is InChI=1S/C36H47N5O7/c1-22(2)13-14-39(32(43)20-41-31-18-27(47-8)10-12-29(31)34(38-41)36(45)24(5)6)15-16-48-21-25(42)19-40-30-17-26(46-7)9-11-28(30)33(37-40)35(44)23(3)4/h9-12,17-18,22-24H,13-16,19-21H2,1-8H3. The second-order valence-electron chi connectivity index (χ2n) is 13.0. The predicted molar refractivity (Wildman–Crippen MR) is 183 cm³/mol. The summed E-state index contributed by atoms with van der Waals surface area (Å²) in [7, 11) is 3.11. The van der Waals surface area contributed by atoms with Crippen LogP contribution in [0.4, 0.5) is 0 Å². The van der Waals surface area contributed by atoms with E-state index in [2.05, 4.69) is 24.0 Å². The van der Waals surface area contributed by atoms with Crippen LogP contribution in [0.5, 0.6) is 11.5 Å². The van der Waals surface area contributed by atoms with Gasteiger partial charge in [-0.2, -0.15) is 10.2 Å². The van der Waals surface area contributed by atoms with Crippen LogP contribution >= 0.6 is 0 Å². The van der Waals surface area contributed by atoms with Crippen molar-refractivity contribution in [1.29, 1.82) is 0 Å². The molecule has 4 aromatic rings. The Hall–Kier alpha value is -4.58. The summed E-state index contributed by atoms with van der Waals surface area (Å²) in [4.78, 5) is 54.2. The Labute approximate surface area is 281 Å². The summed E-state index contributed by atoms with van der Waals surface area (Å²) < 4.78 is 19.6. The summed E-state index contributed by atoms with van der Waals surface area (Å²) in [5.74, 6) is 0.425. The minimum absolute atomic E-state index is 0.0701. The molecule has 4 rings (SSSR count). The van der Waals surface area contributed by atoms with Gasteiger partial charge in [0.25, 0.3) is 0 Å². The van der Waals surface area contributed by atoms with Crippen molar-refractivity contribution < 1.29 is 33.4 Å². The number of rotatable bonds is 18. The van der Waals surface area contributed by atoms with Gasteiger partial charge in [0.15, 0.2) is 17.3 Å². The molecular weight excluding hydrogens is 614 g/mol. The SMILES string of the molecule is COc1ccc2c(C(=O)C(C)C)nn(CC(=O)COCCN(CCC(C)C)C(=O)Cn3nc(C(=O)C(C)C)c4ccc(OC)cc43)c2c1. The highest BCUT2D eigenvalue weighted by molar-refractivity contribution is 6.08. The number of carbonyl (C=O) groups is 4. The monoisotopic (exact) mass is 661 g/mol. The first-order valence-electron chi connectivity index (χ1n) is 16.4. The Morgan fingerprint density at radius 2 is 1.23 bits per heavy atom. The van der Waals surface area contributed by atoms with Crippen molar-refractivity contribution in [3.63, 3.8) is 0 Å². The molecule has 0 aliphatic rings. The number of methoxy groups -OCH3 is 2. The molecule has 0 aliphatic carbocycles. The van der Waals surface area contributed by atoms with Crippen molar-refractivity contribution in [3.8, 4) is 11.5 Å². The molecule has 2 aromatic carbocycles. The van der Waals surface area contributed by atoms with Gasteiger partial charge in [-0.05, 0) is 36.6 Å². The Kier molecular flexibility index (Phi) is 12.1. The fraction of sp³-hybridized carbons (Fsp3) is 0.500. The van der Waals surface area contributed by atoms with Crippen molar-refractivity contribution >= 4 is 45.1 Å². The normalized spacial score (nSPS) is 11.6. The first kappa shape index (κ1) is 36.3. The van der Waals surface area contributed by atoms with Crippen LogP contribution in [0.3, 0.4) is 0 Å². The fourth-order valence-corrected chi connectivity index (χ4v) is 5.29. The highest BCUT2D eigenvalue weighted by atomic mass is 16.5.